The first kappa shape index (κ1) is 16.1. The minimum Gasteiger partial charge on any atom is -0.339 e. The Kier molecular flexibility index (Phi) is 4.57. The van der Waals surface area contributed by atoms with Gasteiger partial charge in [-0.3, -0.25) is 0 Å². The molecule has 7 nitrogen and oxygen atoms in total. The molecule has 2 aromatic heterocycles. The number of carbonyl (C=O) groups excluding carboxylic acids is 1. The molecule has 0 aliphatic carbocycles. The molecule has 0 atom stereocenters. The molecule has 2 heterocycles. The van der Waals surface area contributed by atoms with Crippen LogP contribution in [0.4, 0.5) is 10.5 Å². The lowest BCUT2D eigenvalue weighted by molar-refractivity contribution is 0.252. The van der Waals surface area contributed by atoms with Crippen molar-refractivity contribution in [3.05, 3.63) is 45.7 Å². The Morgan fingerprint density at radius 3 is 2.67 bits per heavy atom. The van der Waals surface area contributed by atoms with Crippen LogP contribution in [0.25, 0.3) is 11.4 Å². The number of urea groups is 1. The van der Waals surface area contributed by atoms with E-state index in [-0.39, 0.29) is 6.03 Å². The molecule has 124 valence electrons. The number of thiazole rings is 1. The van der Waals surface area contributed by atoms with Gasteiger partial charge in [0.15, 0.2) is 0 Å². The number of nitrogens with one attached hydrogen (secondary N) is 2. The average Bonchev–Trinajstić information content (AvgIpc) is 3.11. The van der Waals surface area contributed by atoms with Gasteiger partial charge >= 0.3 is 6.03 Å². The summed E-state index contributed by atoms with van der Waals surface area (Å²) >= 11 is 1.58. The Balaban J connectivity index is 1.70. The van der Waals surface area contributed by atoms with Gasteiger partial charge in [-0.15, -0.1) is 11.3 Å². The van der Waals surface area contributed by atoms with E-state index >= 15 is 0 Å². The van der Waals surface area contributed by atoms with E-state index in [1.165, 1.54) is 0 Å². The first-order valence-electron chi connectivity index (χ1n) is 7.40. The van der Waals surface area contributed by atoms with Crippen molar-refractivity contribution in [2.75, 3.05) is 5.32 Å². The Labute approximate surface area is 143 Å². The minimum absolute atomic E-state index is 0.298. The number of hydrogen-bond donors (Lipinski definition) is 2. The smallest absolute Gasteiger partial charge is 0.319 e. The van der Waals surface area contributed by atoms with Crippen LogP contribution >= 0.6 is 11.3 Å². The van der Waals surface area contributed by atoms with Crippen LogP contribution in [0.2, 0.25) is 0 Å². The quantitative estimate of drug-likeness (QED) is 0.757. The number of amides is 2. The summed E-state index contributed by atoms with van der Waals surface area (Å²) < 4.78 is 5.00. The van der Waals surface area contributed by atoms with Gasteiger partial charge < -0.3 is 15.2 Å². The highest BCUT2D eigenvalue weighted by atomic mass is 32.1. The molecular formula is C16H17N5O2S. The highest BCUT2D eigenvalue weighted by molar-refractivity contribution is 7.11. The van der Waals surface area contributed by atoms with Crippen molar-refractivity contribution in [3.63, 3.8) is 0 Å². The third kappa shape index (κ3) is 3.60. The van der Waals surface area contributed by atoms with Crippen molar-refractivity contribution in [2.45, 2.75) is 27.3 Å². The van der Waals surface area contributed by atoms with E-state index in [2.05, 4.69) is 25.8 Å². The molecule has 0 unspecified atom stereocenters. The molecule has 0 saturated carbocycles. The number of para-hydroxylation sites is 1. The van der Waals surface area contributed by atoms with Crippen LogP contribution in [0.15, 0.2) is 28.8 Å². The van der Waals surface area contributed by atoms with Crippen molar-refractivity contribution in [2.24, 2.45) is 0 Å². The van der Waals surface area contributed by atoms with E-state index in [4.69, 9.17) is 4.52 Å². The second-order valence-corrected chi connectivity index (χ2v) is 6.52. The van der Waals surface area contributed by atoms with E-state index in [0.29, 0.717) is 29.5 Å². The van der Waals surface area contributed by atoms with Gasteiger partial charge in [-0.25, -0.2) is 9.78 Å². The molecule has 0 saturated heterocycles. The third-order valence-corrected chi connectivity index (χ3v) is 4.43. The van der Waals surface area contributed by atoms with Gasteiger partial charge in [-0.1, -0.05) is 17.3 Å². The van der Waals surface area contributed by atoms with Gasteiger partial charge in [0.25, 0.3) is 0 Å². The van der Waals surface area contributed by atoms with Gasteiger partial charge in [0.2, 0.25) is 11.7 Å². The lowest BCUT2D eigenvalue weighted by atomic mass is 10.1. The summed E-state index contributed by atoms with van der Waals surface area (Å²) in [5.41, 5.74) is 2.27. The van der Waals surface area contributed by atoms with Crippen molar-refractivity contribution in [3.8, 4) is 11.4 Å². The number of hydrogen-bond acceptors (Lipinski definition) is 6. The maximum atomic E-state index is 12.2. The Morgan fingerprint density at radius 1 is 1.21 bits per heavy atom. The molecule has 0 fully saturated rings. The average molecular weight is 343 g/mol. The molecule has 3 rings (SSSR count). The van der Waals surface area contributed by atoms with Gasteiger partial charge in [0, 0.05) is 17.4 Å². The molecule has 24 heavy (non-hydrogen) atoms. The summed E-state index contributed by atoms with van der Waals surface area (Å²) in [6, 6.07) is 7.02. The molecule has 2 amide bonds. The number of benzene rings is 1. The van der Waals surface area contributed by atoms with E-state index in [0.717, 1.165) is 15.6 Å². The van der Waals surface area contributed by atoms with Crippen LogP contribution in [-0.4, -0.2) is 21.2 Å². The summed E-state index contributed by atoms with van der Waals surface area (Å²) in [6.07, 6.45) is 0. The molecule has 0 aliphatic heterocycles. The van der Waals surface area contributed by atoms with Crippen LogP contribution in [0.3, 0.4) is 0 Å². The van der Waals surface area contributed by atoms with E-state index < -0.39 is 0 Å². The zero-order chi connectivity index (χ0) is 17.1. The third-order valence-electron chi connectivity index (χ3n) is 3.35. The molecule has 0 radical (unpaired) electrons. The van der Waals surface area contributed by atoms with Crippen LogP contribution in [0.1, 0.15) is 21.5 Å². The number of nitrogens with zero attached hydrogens (tertiary/aromatic N) is 3. The zero-order valence-electron chi connectivity index (χ0n) is 13.6. The van der Waals surface area contributed by atoms with Crippen LogP contribution in [0.5, 0.6) is 0 Å². The molecular weight excluding hydrogens is 326 g/mol. The number of rotatable bonds is 4. The predicted octanol–water partition coefficient (Wildman–Crippen LogP) is 3.44. The summed E-state index contributed by atoms with van der Waals surface area (Å²) in [5.74, 6) is 0.914. The number of carbonyl (C=O) groups is 1. The maximum Gasteiger partial charge on any atom is 0.319 e. The SMILES string of the molecule is Cc1nc(-c2ccccc2NC(=O)NCc2sc(C)nc2C)no1. The highest BCUT2D eigenvalue weighted by Gasteiger charge is 2.13. The Bertz CT molecular complexity index is 871. The largest absolute Gasteiger partial charge is 0.339 e. The van der Waals surface area contributed by atoms with Crippen molar-refractivity contribution < 1.29 is 9.32 Å². The molecule has 0 aliphatic rings. The van der Waals surface area contributed by atoms with Gasteiger partial charge in [-0.2, -0.15) is 4.98 Å². The molecule has 2 N–H and O–H groups in total. The normalized spacial score (nSPS) is 10.6. The van der Waals surface area contributed by atoms with Crippen molar-refractivity contribution in [1.82, 2.24) is 20.4 Å². The second kappa shape index (κ2) is 6.79. The summed E-state index contributed by atoms with van der Waals surface area (Å²) in [6.45, 7) is 6.04. The number of aromatic nitrogens is 3. The van der Waals surface area contributed by atoms with E-state index in [9.17, 15) is 4.79 Å². The minimum atomic E-state index is -0.298. The molecule has 1 aromatic carbocycles. The van der Waals surface area contributed by atoms with Gasteiger partial charge in [0.05, 0.1) is 22.9 Å². The standard InChI is InChI=1S/C16H17N5O2S/c1-9-14(24-11(3)18-9)8-17-16(22)20-13-7-5-4-6-12(13)15-19-10(2)23-21-15/h4-7H,8H2,1-3H3,(H2,17,20,22). The lowest BCUT2D eigenvalue weighted by Crippen LogP contribution is -2.28. The van der Waals surface area contributed by atoms with Gasteiger partial charge in [-0.05, 0) is 26.0 Å². The first-order chi connectivity index (χ1) is 11.5. The second-order valence-electron chi connectivity index (χ2n) is 5.23. The fourth-order valence-corrected chi connectivity index (χ4v) is 3.14. The number of anilines is 1. The fraction of sp³-hybridized carbons (Fsp3) is 0.250. The number of aryl methyl sites for hydroxylation is 3. The lowest BCUT2D eigenvalue weighted by Gasteiger charge is -2.09. The Morgan fingerprint density at radius 2 is 2.00 bits per heavy atom. The summed E-state index contributed by atoms with van der Waals surface area (Å²) in [7, 11) is 0. The molecule has 8 heteroatoms. The first-order valence-corrected chi connectivity index (χ1v) is 8.22. The Hall–Kier alpha value is -2.74. The highest BCUT2D eigenvalue weighted by Crippen LogP contribution is 2.25. The maximum absolute atomic E-state index is 12.2. The fourth-order valence-electron chi connectivity index (χ4n) is 2.26. The predicted molar refractivity (Wildman–Crippen MR) is 91.9 cm³/mol. The molecule has 0 bridgehead atoms. The zero-order valence-corrected chi connectivity index (χ0v) is 14.4. The molecule has 3 aromatic rings. The van der Waals surface area contributed by atoms with Crippen molar-refractivity contribution >= 4 is 23.1 Å². The van der Waals surface area contributed by atoms with Gasteiger partial charge in [0.1, 0.15) is 0 Å². The molecule has 0 spiro atoms. The van der Waals surface area contributed by atoms with Crippen LogP contribution in [0, 0.1) is 20.8 Å². The van der Waals surface area contributed by atoms with Crippen LogP contribution in [-0.2, 0) is 6.54 Å². The summed E-state index contributed by atoms with van der Waals surface area (Å²) in [4.78, 5) is 21.8. The van der Waals surface area contributed by atoms with Crippen LogP contribution < -0.4 is 10.6 Å². The van der Waals surface area contributed by atoms with E-state index in [1.807, 2.05) is 32.0 Å². The van der Waals surface area contributed by atoms with Crippen molar-refractivity contribution in [1.29, 1.82) is 0 Å². The topological polar surface area (TPSA) is 92.9 Å². The monoisotopic (exact) mass is 343 g/mol. The van der Waals surface area contributed by atoms with E-state index in [1.54, 1.807) is 24.3 Å². The summed E-state index contributed by atoms with van der Waals surface area (Å²) in [5, 5.41) is 10.6.